The highest BCUT2D eigenvalue weighted by Crippen LogP contribution is 2.35. The van der Waals surface area contributed by atoms with Gasteiger partial charge in [-0.25, -0.2) is 15.0 Å². The Morgan fingerprint density at radius 1 is 1.02 bits per heavy atom. The second kappa shape index (κ2) is 12.0. The van der Waals surface area contributed by atoms with E-state index in [1.807, 2.05) is 23.7 Å². The first-order chi connectivity index (χ1) is 23.3. The first-order valence-corrected chi connectivity index (χ1v) is 16.0. The fourth-order valence-corrected chi connectivity index (χ4v) is 6.73. The number of aromatic amines is 1. The maximum absolute atomic E-state index is 13.5. The van der Waals surface area contributed by atoms with Gasteiger partial charge in [0.15, 0.2) is 17.1 Å². The molecule has 0 spiro atoms. The number of nitrogens with one attached hydrogen (secondary N) is 1. The Balaban J connectivity index is 0.998. The van der Waals surface area contributed by atoms with Crippen molar-refractivity contribution in [3.8, 4) is 11.4 Å². The van der Waals surface area contributed by atoms with Crippen LogP contribution < -0.4 is 10.6 Å². The van der Waals surface area contributed by atoms with E-state index in [0.717, 1.165) is 83.8 Å². The van der Waals surface area contributed by atoms with Gasteiger partial charge in [-0.2, -0.15) is 27.9 Å². The van der Waals surface area contributed by atoms with Crippen molar-refractivity contribution >= 4 is 27.8 Å². The van der Waals surface area contributed by atoms with Crippen molar-refractivity contribution in [2.45, 2.75) is 44.7 Å². The molecule has 1 aliphatic heterocycles. The van der Waals surface area contributed by atoms with Crippen LogP contribution in [0.5, 0.6) is 0 Å². The van der Waals surface area contributed by atoms with Crippen LogP contribution >= 0.6 is 0 Å². The molecule has 1 N–H and O–H groups in total. The Bertz CT molecular complexity index is 2300. The summed E-state index contributed by atoms with van der Waals surface area (Å²) in [5.74, 6) is 0.763. The molecule has 48 heavy (non-hydrogen) atoms. The second-order valence-corrected chi connectivity index (χ2v) is 12.5. The number of pyridine rings is 1. The minimum Gasteiger partial charge on any atom is -0.299 e. The van der Waals surface area contributed by atoms with Gasteiger partial charge in [0.25, 0.3) is 0 Å². The SMILES string of the molecule is Cc1cc2ncc3cc(=C4C=CC=CC4)c(=C4C=CC(CN5CCC(c6nc(-c7ccc#cc7C(F)(F)F)n[nH]6)CC5)=CC4)nc3n2n1. The summed E-state index contributed by atoms with van der Waals surface area (Å²) in [6.45, 7) is 4.49. The number of likely N-dealkylation sites (tertiary alicyclic amines) is 1. The Morgan fingerprint density at radius 3 is 2.67 bits per heavy atom. The molecule has 0 unspecified atom stereocenters. The Labute approximate surface area is 274 Å². The summed E-state index contributed by atoms with van der Waals surface area (Å²) in [5, 5.41) is 14.7. The fourth-order valence-electron chi connectivity index (χ4n) is 6.73. The molecule has 0 amide bonds. The van der Waals surface area contributed by atoms with Gasteiger partial charge in [0.1, 0.15) is 11.4 Å². The summed E-state index contributed by atoms with van der Waals surface area (Å²) in [6, 6.07) is 11.4. The van der Waals surface area contributed by atoms with Crippen molar-refractivity contribution in [3.05, 3.63) is 118 Å². The smallest absolute Gasteiger partial charge is 0.299 e. The van der Waals surface area contributed by atoms with Crippen LogP contribution in [0.25, 0.3) is 39.2 Å². The Morgan fingerprint density at radius 2 is 1.90 bits per heavy atom. The number of hydrogen-bond donors (Lipinski definition) is 1. The van der Waals surface area contributed by atoms with Crippen molar-refractivity contribution < 1.29 is 13.2 Å². The van der Waals surface area contributed by atoms with E-state index < -0.39 is 11.7 Å². The molecule has 0 bridgehead atoms. The average Bonchev–Trinajstić information content (AvgIpc) is 3.75. The minimum atomic E-state index is -4.55. The summed E-state index contributed by atoms with van der Waals surface area (Å²) in [5.41, 5.74) is 5.10. The molecule has 3 aliphatic rings. The van der Waals surface area contributed by atoms with Gasteiger partial charge < -0.3 is 0 Å². The quantitative estimate of drug-likeness (QED) is 0.275. The van der Waals surface area contributed by atoms with Crippen LogP contribution in [0.3, 0.4) is 0 Å². The number of allylic oxidation sites excluding steroid dienone is 6. The predicted octanol–water partition coefficient (Wildman–Crippen LogP) is 5.57. The summed E-state index contributed by atoms with van der Waals surface area (Å²) in [4.78, 5) is 16.7. The number of fused-ring (bicyclic) bond motifs is 3. The number of rotatable bonds is 4. The summed E-state index contributed by atoms with van der Waals surface area (Å²) in [7, 11) is 0. The molecule has 0 atom stereocenters. The molecule has 1 aromatic carbocycles. The lowest BCUT2D eigenvalue weighted by atomic mass is 9.94. The molecule has 240 valence electrons. The summed E-state index contributed by atoms with van der Waals surface area (Å²) < 4.78 is 42.3. The normalized spacial score (nSPS) is 19.7. The maximum atomic E-state index is 13.5. The van der Waals surface area contributed by atoms with E-state index in [9.17, 15) is 13.2 Å². The molecule has 5 aromatic rings. The standard InChI is InChI=1S/C37H31F3N8/c1-23-19-32-41-21-28-20-30(25-7-3-2-4-8-25)33(42-36(28)48(32)46-23)26-13-11-24(12-14-26)22-47-17-15-27(16-18-47)34-43-35(45-44-34)29-9-5-6-10-31(29)37(38,39)40/h2-5,7,9,11-13,19-21,27H,8,14-18,22H2,1H3,(H,43,44,45). The maximum Gasteiger partial charge on any atom is 0.424 e. The predicted molar refractivity (Wildman–Crippen MR) is 177 cm³/mol. The Kier molecular flexibility index (Phi) is 7.53. The van der Waals surface area contributed by atoms with E-state index in [0.29, 0.717) is 5.82 Å². The van der Waals surface area contributed by atoms with E-state index in [-0.39, 0.29) is 17.3 Å². The lowest BCUT2D eigenvalue weighted by Gasteiger charge is -2.31. The van der Waals surface area contributed by atoms with Gasteiger partial charge in [-0.3, -0.25) is 10.00 Å². The number of aromatic nitrogens is 7. The summed E-state index contributed by atoms with van der Waals surface area (Å²) >= 11 is 0. The van der Waals surface area contributed by atoms with Crippen LogP contribution in [0, 0.1) is 19.1 Å². The number of H-pyrrole nitrogens is 1. The van der Waals surface area contributed by atoms with Crippen LogP contribution in [0.4, 0.5) is 13.2 Å². The topological polar surface area (TPSA) is 87.9 Å². The van der Waals surface area contributed by atoms with Crippen molar-refractivity contribution in [3.63, 3.8) is 0 Å². The van der Waals surface area contributed by atoms with Gasteiger partial charge in [-0.1, -0.05) is 54.7 Å². The first kappa shape index (κ1) is 30.0. The van der Waals surface area contributed by atoms with Gasteiger partial charge in [0.05, 0.1) is 11.0 Å². The highest BCUT2D eigenvalue weighted by Gasteiger charge is 2.35. The number of halogens is 3. The van der Waals surface area contributed by atoms with Crippen LogP contribution in [-0.2, 0) is 6.18 Å². The highest BCUT2D eigenvalue weighted by atomic mass is 19.4. The van der Waals surface area contributed by atoms with Crippen LogP contribution in [-0.4, -0.2) is 59.3 Å². The third kappa shape index (κ3) is 5.73. The monoisotopic (exact) mass is 644 g/mol. The van der Waals surface area contributed by atoms with Gasteiger partial charge in [-0.15, -0.1) is 0 Å². The molecule has 2 aliphatic carbocycles. The molecule has 5 heterocycles. The molecule has 1 saturated heterocycles. The van der Waals surface area contributed by atoms with E-state index in [1.54, 1.807) is 0 Å². The molecular weight excluding hydrogens is 613 g/mol. The van der Waals surface area contributed by atoms with Crippen molar-refractivity contribution in [2.24, 2.45) is 0 Å². The third-order valence-electron chi connectivity index (χ3n) is 9.20. The molecule has 11 heteroatoms. The molecular formula is C37H31F3N8. The zero-order valence-corrected chi connectivity index (χ0v) is 26.2. The lowest BCUT2D eigenvalue weighted by Crippen LogP contribution is -2.35. The number of hydrogen-bond acceptors (Lipinski definition) is 6. The van der Waals surface area contributed by atoms with Crippen molar-refractivity contribution in [1.29, 1.82) is 0 Å². The van der Waals surface area contributed by atoms with Crippen LogP contribution in [0.2, 0.25) is 0 Å². The Hall–Kier alpha value is -5.34. The van der Waals surface area contributed by atoms with Gasteiger partial charge in [0, 0.05) is 40.9 Å². The lowest BCUT2D eigenvalue weighted by molar-refractivity contribution is -0.137. The summed E-state index contributed by atoms with van der Waals surface area (Å²) in [6.07, 6.45) is 15.7. The van der Waals surface area contributed by atoms with E-state index in [4.69, 9.17) is 4.98 Å². The number of aryl methyl sites for hydroxylation is 1. The van der Waals surface area contributed by atoms with E-state index in [1.165, 1.54) is 23.3 Å². The van der Waals surface area contributed by atoms with Gasteiger partial charge in [-0.05, 0) is 80.6 Å². The first-order valence-electron chi connectivity index (χ1n) is 16.0. The minimum absolute atomic E-state index is 0.0359. The van der Waals surface area contributed by atoms with Crippen molar-refractivity contribution in [1.82, 2.24) is 39.7 Å². The van der Waals surface area contributed by atoms with Crippen LogP contribution in [0.1, 0.15) is 48.7 Å². The molecule has 0 saturated carbocycles. The average molecular weight is 645 g/mol. The zero-order valence-electron chi connectivity index (χ0n) is 26.2. The molecule has 8 nitrogen and oxygen atoms in total. The zero-order chi connectivity index (χ0) is 32.8. The molecule has 4 aromatic heterocycles. The number of nitrogens with zero attached hydrogens (tertiary/aromatic N) is 7. The van der Waals surface area contributed by atoms with E-state index >= 15 is 0 Å². The molecule has 0 radical (unpaired) electrons. The fraction of sp³-hybridized carbons (Fsp3) is 0.270. The molecule has 8 rings (SSSR count). The largest absolute Gasteiger partial charge is 0.424 e. The van der Waals surface area contributed by atoms with Crippen molar-refractivity contribution in [2.75, 3.05) is 19.6 Å². The van der Waals surface area contributed by atoms with E-state index in [2.05, 4.69) is 90.9 Å². The van der Waals surface area contributed by atoms with Gasteiger partial charge in [0.2, 0.25) is 0 Å². The van der Waals surface area contributed by atoms with Gasteiger partial charge >= 0.3 is 6.18 Å². The third-order valence-corrected chi connectivity index (χ3v) is 9.20. The second-order valence-electron chi connectivity index (χ2n) is 12.5. The number of piperidine rings is 1. The highest BCUT2D eigenvalue weighted by molar-refractivity contribution is 5.79. The molecule has 1 fully saturated rings. The van der Waals surface area contributed by atoms with Crippen LogP contribution in [0.15, 0.2) is 78.6 Å². The number of alkyl halides is 3.